The van der Waals surface area contributed by atoms with Gasteiger partial charge in [-0.3, -0.25) is 0 Å². The third-order valence-electron chi connectivity index (χ3n) is 1.39. The highest BCUT2D eigenvalue weighted by Crippen LogP contribution is 1.93. The molecular weight excluding hydrogens is 140 g/mol. The number of nitrogens with one attached hydrogen (secondary N) is 1. The van der Waals surface area contributed by atoms with E-state index >= 15 is 0 Å². The first-order valence-electron chi connectivity index (χ1n) is 3.44. The van der Waals surface area contributed by atoms with Crippen molar-refractivity contribution >= 4 is 0 Å². The van der Waals surface area contributed by atoms with Gasteiger partial charge in [0, 0.05) is 18.7 Å². The van der Waals surface area contributed by atoms with Crippen molar-refractivity contribution in [2.45, 2.75) is 6.42 Å². The van der Waals surface area contributed by atoms with Crippen molar-refractivity contribution in [1.82, 2.24) is 5.32 Å². The Morgan fingerprint density at radius 1 is 1.64 bits per heavy atom. The zero-order valence-corrected chi connectivity index (χ0v) is 6.16. The lowest BCUT2D eigenvalue weighted by Crippen LogP contribution is -2.25. The van der Waals surface area contributed by atoms with Crippen LogP contribution in [-0.2, 0) is 6.42 Å². The predicted molar refractivity (Wildman–Crippen MR) is 41.4 cm³/mol. The number of nitrogens with zero attached hydrogens (tertiary/aromatic N) is 1. The Kier molecular flexibility index (Phi) is 2.86. The lowest BCUT2D eigenvalue weighted by atomic mass is 10.2. The first-order chi connectivity index (χ1) is 5.33. The van der Waals surface area contributed by atoms with E-state index in [1.54, 1.807) is 6.07 Å². The molecule has 0 saturated carbocycles. The Bertz CT molecular complexity index is 225. The molecule has 0 bridgehead atoms. The van der Waals surface area contributed by atoms with Crippen LogP contribution < -0.4 is 10.0 Å². The molecule has 0 spiro atoms. The second kappa shape index (κ2) is 3.93. The lowest BCUT2D eigenvalue weighted by Gasteiger charge is -1.99. The van der Waals surface area contributed by atoms with Gasteiger partial charge in [-0.1, -0.05) is 0 Å². The molecule has 0 unspecified atom stereocenters. The number of rotatable bonds is 3. The standard InChI is InChI=1S/C8H10N2O/c1-9-5-4-8-3-2-6-10(11)7-8/h1-3,6-7,9H,4-5H2. The first kappa shape index (κ1) is 8.01. The fourth-order valence-electron chi connectivity index (χ4n) is 0.865. The Hall–Kier alpha value is -1.09. The zero-order valence-electron chi connectivity index (χ0n) is 6.16. The molecule has 0 aliphatic carbocycles. The van der Waals surface area contributed by atoms with Crippen LogP contribution in [0.25, 0.3) is 0 Å². The summed E-state index contributed by atoms with van der Waals surface area (Å²) in [4.78, 5) is 0. The number of aromatic nitrogens is 1. The third kappa shape index (κ3) is 2.55. The highest BCUT2D eigenvalue weighted by Gasteiger charge is 1.94. The van der Waals surface area contributed by atoms with Crippen molar-refractivity contribution < 1.29 is 4.73 Å². The van der Waals surface area contributed by atoms with E-state index in [1.165, 1.54) is 12.4 Å². The van der Waals surface area contributed by atoms with Crippen LogP contribution in [0.1, 0.15) is 5.56 Å². The molecule has 1 aromatic rings. The molecule has 0 aliphatic heterocycles. The molecule has 0 amide bonds. The Labute approximate surface area is 66.3 Å². The summed E-state index contributed by atoms with van der Waals surface area (Å²) in [6.07, 6.45) is 3.77. The first-order valence-corrected chi connectivity index (χ1v) is 3.44. The van der Waals surface area contributed by atoms with Crippen LogP contribution in [0.4, 0.5) is 0 Å². The Balaban J connectivity index is 2.56. The average molecular weight is 150 g/mol. The summed E-state index contributed by atoms with van der Waals surface area (Å²) in [5, 5.41) is 13.2. The van der Waals surface area contributed by atoms with Crippen molar-refractivity contribution in [1.29, 1.82) is 0 Å². The van der Waals surface area contributed by atoms with Crippen molar-refractivity contribution in [3.63, 3.8) is 0 Å². The van der Waals surface area contributed by atoms with E-state index in [2.05, 4.69) is 5.32 Å². The van der Waals surface area contributed by atoms with Gasteiger partial charge < -0.3 is 10.5 Å². The molecule has 3 heteroatoms. The van der Waals surface area contributed by atoms with Gasteiger partial charge in [-0.2, -0.15) is 4.73 Å². The van der Waals surface area contributed by atoms with Crippen molar-refractivity contribution in [3.8, 4) is 0 Å². The van der Waals surface area contributed by atoms with Crippen molar-refractivity contribution in [2.75, 3.05) is 6.54 Å². The van der Waals surface area contributed by atoms with Crippen molar-refractivity contribution in [3.05, 3.63) is 42.3 Å². The van der Waals surface area contributed by atoms with Crippen LogP contribution in [-0.4, -0.2) is 6.54 Å². The lowest BCUT2D eigenvalue weighted by molar-refractivity contribution is -0.605. The van der Waals surface area contributed by atoms with Crippen molar-refractivity contribution in [2.24, 2.45) is 0 Å². The van der Waals surface area contributed by atoms with E-state index in [-0.39, 0.29) is 0 Å². The topological polar surface area (TPSA) is 39.0 Å². The number of hydrogen-bond donors (Lipinski definition) is 1. The molecule has 0 fully saturated rings. The van der Waals surface area contributed by atoms with Crippen LogP contribution in [0.15, 0.2) is 24.5 Å². The summed E-state index contributed by atoms with van der Waals surface area (Å²) in [7, 11) is 5.08. The molecule has 58 valence electrons. The minimum absolute atomic E-state index is 0.685. The fraction of sp³-hybridized carbons (Fsp3) is 0.250. The van der Waals surface area contributed by atoms with Crippen LogP contribution in [0, 0.1) is 12.3 Å². The van der Waals surface area contributed by atoms with E-state index in [9.17, 15) is 5.21 Å². The van der Waals surface area contributed by atoms with Gasteiger partial charge in [-0.15, -0.1) is 0 Å². The van der Waals surface area contributed by atoms with Crippen LogP contribution in [0.5, 0.6) is 0 Å². The van der Waals surface area contributed by atoms with E-state index in [4.69, 9.17) is 7.05 Å². The smallest absolute Gasteiger partial charge is 0.183 e. The summed E-state index contributed by atoms with van der Waals surface area (Å²) in [6, 6.07) is 3.62. The Morgan fingerprint density at radius 3 is 3.09 bits per heavy atom. The minimum atomic E-state index is 0.685. The molecule has 11 heavy (non-hydrogen) atoms. The van der Waals surface area contributed by atoms with Gasteiger partial charge in [-0.05, 0) is 19.0 Å². The summed E-state index contributed by atoms with van der Waals surface area (Å²) in [6.45, 7) is 0.685. The van der Waals surface area contributed by atoms with Crippen LogP contribution in [0.3, 0.4) is 0 Å². The van der Waals surface area contributed by atoms with Gasteiger partial charge in [0.15, 0.2) is 12.4 Å². The maximum Gasteiger partial charge on any atom is 0.183 e. The second-order valence-corrected chi connectivity index (χ2v) is 2.28. The molecule has 0 aliphatic rings. The van der Waals surface area contributed by atoms with E-state index in [0.29, 0.717) is 6.54 Å². The molecule has 0 atom stereocenters. The summed E-state index contributed by atoms with van der Waals surface area (Å²) >= 11 is 0. The van der Waals surface area contributed by atoms with Gasteiger partial charge in [0.05, 0.1) is 0 Å². The highest BCUT2D eigenvalue weighted by atomic mass is 16.5. The average Bonchev–Trinajstić information content (AvgIpc) is 2.01. The monoisotopic (exact) mass is 150 g/mol. The molecule has 2 radical (unpaired) electrons. The molecule has 0 aromatic carbocycles. The van der Waals surface area contributed by atoms with E-state index in [1.807, 2.05) is 6.07 Å². The molecule has 1 aromatic heterocycles. The SMILES string of the molecule is [CH]NCCc1ccc[n+]([O-])c1. The summed E-state index contributed by atoms with van der Waals surface area (Å²) < 4.78 is 0.784. The van der Waals surface area contributed by atoms with Crippen LogP contribution in [0.2, 0.25) is 0 Å². The molecule has 1 heterocycles. The molecule has 0 saturated heterocycles. The molecule has 1 rings (SSSR count). The van der Waals surface area contributed by atoms with Gasteiger partial charge in [-0.25, -0.2) is 0 Å². The normalized spacial score (nSPS) is 9.91. The predicted octanol–water partition coefficient (Wildman–Crippen LogP) is 0.121. The maximum atomic E-state index is 10.7. The summed E-state index contributed by atoms with van der Waals surface area (Å²) in [5.74, 6) is 0. The fourth-order valence-corrected chi connectivity index (χ4v) is 0.865. The third-order valence-corrected chi connectivity index (χ3v) is 1.39. The van der Waals surface area contributed by atoms with Gasteiger partial charge >= 0.3 is 0 Å². The summed E-state index contributed by atoms with van der Waals surface area (Å²) in [5.41, 5.74) is 0.987. The van der Waals surface area contributed by atoms with Crippen LogP contribution >= 0.6 is 0 Å². The quantitative estimate of drug-likeness (QED) is 0.377. The van der Waals surface area contributed by atoms with Gasteiger partial charge in [0.1, 0.15) is 0 Å². The largest absolute Gasteiger partial charge is 0.619 e. The number of hydrogen-bond acceptors (Lipinski definition) is 2. The van der Waals surface area contributed by atoms with E-state index in [0.717, 1.165) is 16.7 Å². The Morgan fingerprint density at radius 2 is 2.45 bits per heavy atom. The van der Waals surface area contributed by atoms with Gasteiger partial charge in [0.2, 0.25) is 0 Å². The molecule has 3 nitrogen and oxygen atoms in total. The van der Waals surface area contributed by atoms with Gasteiger partial charge in [0.25, 0.3) is 0 Å². The number of pyridine rings is 1. The molecule has 1 N–H and O–H groups in total. The second-order valence-electron chi connectivity index (χ2n) is 2.28. The van der Waals surface area contributed by atoms with E-state index < -0.39 is 0 Å². The maximum absolute atomic E-state index is 10.7. The molecular formula is C8H10N2O. The minimum Gasteiger partial charge on any atom is -0.619 e. The zero-order chi connectivity index (χ0) is 8.10. The highest BCUT2D eigenvalue weighted by molar-refractivity contribution is 5.05.